The number of hydrogen-bond donors (Lipinski definition) is 0. The van der Waals surface area contributed by atoms with Crippen LogP contribution in [-0.4, -0.2) is 12.6 Å². The van der Waals surface area contributed by atoms with E-state index in [4.69, 9.17) is 9.47 Å². The summed E-state index contributed by atoms with van der Waals surface area (Å²) in [4.78, 5) is 12.0. The zero-order valence-corrected chi connectivity index (χ0v) is 13.0. The molecule has 110 valence electrons. The average Bonchev–Trinajstić information content (AvgIpc) is 2.49. The molecule has 0 amide bonds. The van der Waals surface area contributed by atoms with Gasteiger partial charge >= 0.3 is 5.97 Å². The van der Waals surface area contributed by atoms with Crippen molar-refractivity contribution in [3.63, 3.8) is 0 Å². The Kier molecular flexibility index (Phi) is 5.33. The molecule has 3 nitrogen and oxygen atoms in total. The monoisotopic (exact) mass is 352 g/mol. The van der Waals surface area contributed by atoms with Gasteiger partial charge in [-0.15, -0.1) is 0 Å². The van der Waals surface area contributed by atoms with Crippen molar-refractivity contribution in [2.45, 2.75) is 13.5 Å². The number of hydrogen-bond acceptors (Lipinski definition) is 3. The Bertz CT molecular complexity index is 643. The number of benzene rings is 2. The van der Waals surface area contributed by atoms with E-state index >= 15 is 0 Å². The second-order valence-corrected chi connectivity index (χ2v) is 5.10. The van der Waals surface area contributed by atoms with Gasteiger partial charge in [0.15, 0.2) is 0 Å². The van der Waals surface area contributed by atoms with Crippen LogP contribution >= 0.6 is 15.9 Å². The van der Waals surface area contributed by atoms with Crippen molar-refractivity contribution in [3.8, 4) is 5.75 Å². The third-order valence-electron chi connectivity index (χ3n) is 2.78. The van der Waals surface area contributed by atoms with E-state index in [-0.39, 0.29) is 12.2 Å². The molecular weight excluding hydrogens is 339 g/mol. The molecule has 0 aliphatic rings. The first-order valence-electron chi connectivity index (χ1n) is 6.44. The Morgan fingerprint density at radius 3 is 2.76 bits per heavy atom. The fraction of sp³-hybridized carbons (Fsp3) is 0.188. The van der Waals surface area contributed by atoms with Gasteiger partial charge in [-0.05, 0) is 47.1 Å². The quantitative estimate of drug-likeness (QED) is 0.750. The van der Waals surface area contributed by atoms with Gasteiger partial charge in [-0.3, -0.25) is 0 Å². The lowest BCUT2D eigenvalue weighted by molar-refractivity contribution is 0.0468. The molecule has 2 aromatic carbocycles. The van der Waals surface area contributed by atoms with E-state index in [2.05, 4.69) is 15.9 Å². The third kappa shape index (κ3) is 4.04. The highest BCUT2D eigenvalue weighted by Crippen LogP contribution is 2.22. The molecule has 0 unspecified atom stereocenters. The molecule has 0 aliphatic heterocycles. The van der Waals surface area contributed by atoms with E-state index in [9.17, 15) is 9.18 Å². The van der Waals surface area contributed by atoms with Crippen molar-refractivity contribution in [2.24, 2.45) is 0 Å². The number of carbonyl (C=O) groups excluding carboxylic acids is 1. The second kappa shape index (κ2) is 7.22. The van der Waals surface area contributed by atoms with Crippen LogP contribution in [0.2, 0.25) is 0 Å². The molecule has 0 aliphatic carbocycles. The van der Waals surface area contributed by atoms with Crippen molar-refractivity contribution in [3.05, 3.63) is 63.9 Å². The van der Waals surface area contributed by atoms with E-state index < -0.39 is 11.8 Å². The van der Waals surface area contributed by atoms with Crippen molar-refractivity contribution in [1.82, 2.24) is 0 Å². The molecule has 0 saturated carbocycles. The molecule has 0 radical (unpaired) electrons. The van der Waals surface area contributed by atoms with Crippen LogP contribution in [0.15, 0.2) is 46.9 Å². The Morgan fingerprint density at radius 1 is 1.24 bits per heavy atom. The Hall–Kier alpha value is -1.88. The zero-order chi connectivity index (χ0) is 15.2. The minimum absolute atomic E-state index is 0.0674. The number of rotatable bonds is 5. The molecule has 0 fully saturated rings. The van der Waals surface area contributed by atoms with Crippen molar-refractivity contribution < 1.29 is 18.7 Å². The van der Waals surface area contributed by atoms with Crippen molar-refractivity contribution in [2.75, 3.05) is 6.61 Å². The van der Waals surface area contributed by atoms with Gasteiger partial charge in [-0.1, -0.05) is 18.2 Å². The molecule has 0 heterocycles. The van der Waals surface area contributed by atoms with Gasteiger partial charge in [0, 0.05) is 10.0 Å². The van der Waals surface area contributed by atoms with Crippen LogP contribution in [0.25, 0.3) is 0 Å². The molecule has 2 aromatic rings. The number of ether oxygens (including phenoxy) is 2. The number of esters is 1. The van der Waals surface area contributed by atoms with Gasteiger partial charge < -0.3 is 9.47 Å². The lowest BCUT2D eigenvalue weighted by Gasteiger charge is -2.11. The van der Waals surface area contributed by atoms with Crippen LogP contribution in [0.5, 0.6) is 5.75 Å². The molecule has 5 heteroatoms. The van der Waals surface area contributed by atoms with E-state index in [0.29, 0.717) is 16.8 Å². The zero-order valence-electron chi connectivity index (χ0n) is 11.4. The van der Waals surface area contributed by atoms with Crippen LogP contribution in [0.1, 0.15) is 22.8 Å². The summed E-state index contributed by atoms with van der Waals surface area (Å²) in [5.41, 5.74) is 0.920. The van der Waals surface area contributed by atoms with E-state index in [1.807, 2.05) is 31.2 Å². The van der Waals surface area contributed by atoms with E-state index in [1.54, 1.807) is 0 Å². The highest BCUT2D eigenvalue weighted by molar-refractivity contribution is 9.10. The summed E-state index contributed by atoms with van der Waals surface area (Å²) in [6.07, 6.45) is 0. The number of carbonyl (C=O) groups is 1. The highest BCUT2D eigenvalue weighted by Gasteiger charge is 2.14. The summed E-state index contributed by atoms with van der Waals surface area (Å²) in [7, 11) is 0. The third-order valence-corrected chi connectivity index (χ3v) is 3.47. The summed E-state index contributed by atoms with van der Waals surface area (Å²) < 4.78 is 24.4. The molecular formula is C16H14BrFO3. The topological polar surface area (TPSA) is 35.5 Å². The van der Waals surface area contributed by atoms with E-state index in [1.165, 1.54) is 12.1 Å². The summed E-state index contributed by atoms with van der Waals surface area (Å²) >= 11 is 3.20. The standard InChI is InChI=1S/C16H14BrFO3/c1-2-20-15-6-4-3-5-11(15)10-21-16(19)13-9-12(18)7-8-14(13)17/h3-9H,2,10H2,1H3. The van der Waals surface area contributed by atoms with Crippen LogP contribution in [0.3, 0.4) is 0 Å². The Labute approximate surface area is 130 Å². The van der Waals surface area contributed by atoms with Gasteiger partial charge in [-0.2, -0.15) is 0 Å². The second-order valence-electron chi connectivity index (χ2n) is 4.24. The molecule has 0 bridgehead atoms. The molecule has 0 saturated heterocycles. The maximum atomic E-state index is 13.2. The number of para-hydroxylation sites is 1. The molecule has 0 atom stereocenters. The summed E-state index contributed by atoms with van der Waals surface area (Å²) in [6.45, 7) is 2.48. The fourth-order valence-corrected chi connectivity index (χ4v) is 2.20. The molecule has 0 N–H and O–H groups in total. The minimum Gasteiger partial charge on any atom is -0.493 e. The summed E-state index contributed by atoms with van der Waals surface area (Å²) in [5, 5.41) is 0. The Morgan fingerprint density at radius 2 is 2.00 bits per heavy atom. The van der Waals surface area contributed by atoms with Gasteiger partial charge in [-0.25, -0.2) is 9.18 Å². The molecule has 0 aromatic heterocycles. The SMILES string of the molecule is CCOc1ccccc1COC(=O)c1cc(F)ccc1Br. The van der Waals surface area contributed by atoms with Crippen LogP contribution in [0.4, 0.5) is 4.39 Å². The maximum absolute atomic E-state index is 13.2. The van der Waals surface area contributed by atoms with Crippen LogP contribution in [0, 0.1) is 5.82 Å². The predicted octanol–water partition coefficient (Wildman–Crippen LogP) is 4.34. The van der Waals surface area contributed by atoms with Gasteiger partial charge in [0.25, 0.3) is 0 Å². The minimum atomic E-state index is -0.590. The highest BCUT2D eigenvalue weighted by atomic mass is 79.9. The largest absolute Gasteiger partial charge is 0.493 e. The Balaban J connectivity index is 2.09. The lowest BCUT2D eigenvalue weighted by atomic mass is 10.2. The first-order chi connectivity index (χ1) is 10.1. The van der Waals surface area contributed by atoms with Gasteiger partial charge in [0.1, 0.15) is 18.2 Å². The molecule has 0 spiro atoms. The predicted molar refractivity (Wildman–Crippen MR) is 80.8 cm³/mol. The van der Waals surface area contributed by atoms with E-state index in [0.717, 1.165) is 11.6 Å². The smallest absolute Gasteiger partial charge is 0.339 e. The lowest BCUT2D eigenvalue weighted by Crippen LogP contribution is -2.07. The number of halogens is 2. The van der Waals surface area contributed by atoms with Crippen LogP contribution < -0.4 is 4.74 Å². The van der Waals surface area contributed by atoms with Gasteiger partial charge in [0.2, 0.25) is 0 Å². The first kappa shape index (κ1) is 15.5. The normalized spacial score (nSPS) is 10.2. The van der Waals surface area contributed by atoms with Crippen LogP contribution in [-0.2, 0) is 11.3 Å². The summed E-state index contributed by atoms with van der Waals surface area (Å²) in [5.74, 6) is -0.404. The first-order valence-corrected chi connectivity index (χ1v) is 7.24. The fourth-order valence-electron chi connectivity index (χ4n) is 1.79. The molecule has 2 rings (SSSR count). The average molecular weight is 353 g/mol. The molecule has 21 heavy (non-hydrogen) atoms. The van der Waals surface area contributed by atoms with Crippen molar-refractivity contribution in [1.29, 1.82) is 0 Å². The van der Waals surface area contributed by atoms with Gasteiger partial charge in [0.05, 0.1) is 12.2 Å². The maximum Gasteiger partial charge on any atom is 0.339 e. The summed E-state index contributed by atoms with van der Waals surface area (Å²) in [6, 6.07) is 11.2. The van der Waals surface area contributed by atoms with Crippen molar-refractivity contribution >= 4 is 21.9 Å².